The molecule has 0 aliphatic heterocycles. The molecule has 0 radical (unpaired) electrons. The number of carboxylic acids is 1. The number of aliphatic carboxylic acids is 1. The topological polar surface area (TPSA) is 84.9 Å². The van der Waals surface area contributed by atoms with Crippen LogP contribution in [0.1, 0.15) is 39.7 Å². The van der Waals surface area contributed by atoms with Crippen molar-refractivity contribution in [3.63, 3.8) is 0 Å². The molecule has 0 saturated heterocycles. The lowest BCUT2D eigenvalue weighted by Gasteiger charge is -2.22. The minimum absolute atomic E-state index is 0.325. The fraction of sp³-hybridized carbons (Fsp3) is 0.500. The Bertz CT molecular complexity index is 640. The summed E-state index contributed by atoms with van der Waals surface area (Å²) in [6, 6.07) is 1.65. The third kappa shape index (κ3) is 5.66. The molecule has 8 heteroatoms. The Labute approximate surface area is 158 Å². The zero-order valence-corrected chi connectivity index (χ0v) is 17.4. The number of nitrogens with one attached hydrogen (secondary N) is 1. The van der Waals surface area contributed by atoms with Crippen LogP contribution in [0.3, 0.4) is 0 Å². The first-order chi connectivity index (χ1) is 11.0. The summed E-state index contributed by atoms with van der Waals surface area (Å²) in [7, 11) is 0. The van der Waals surface area contributed by atoms with Crippen LogP contribution >= 0.6 is 31.9 Å². The molecule has 0 fully saturated rings. The van der Waals surface area contributed by atoms with E-state index in [1.807, 2.05) is 0 Å². The Morgan fingerprint density at radius 1 is 1.33 bits per heavy atom. The van der Waals surface area contributed by atoms with Crippen LogP contribution in [0, 0.1) is 6.92 Å². The predicted molar refractivity (Wildman–Crippen MR) is 98.8 cm³/mol. The van der Waals surface area contributed by atoms with Gasteiger partial charge in [-0.15, -0.1) is 0 Å². The molecule has 0 bridgehead atoms. The number of hydrogen-bond acceptors (Lipinski definition) is 4. The van der Waals surface area contributed by atoms with E-state index in [1.54, 1.807) is 40.7 Å². The summed E-state index contributed by atoms with van der Waals surface area (Å²) in [5, 5.41) is 11.8. The Kier molecular flexibility index (Phi) is 7.10. The SMILES string of the molecule is CCC(Oc1c(Br)cc(NC(=O)OC(C)(C)C)c(C)c1Br)C(=O)O. The standard InChI is InChI=1S/C16H21Br2NO5/c1-6-11(14(20)21)23-13-9(17)7-10(8(2)12(13)18)19-15(22)24-16(3,4)5/h7,11H,6H2,1-5H3,(H,19,22)(H,20,21). The van der Waals surface area contributed by atoms with Gasteiger partial charge in [-0.3, -0.25) is 5.32 Å². The van der Waals surface area contributed by atoms with E-state index in [2.05, 4.69) is 37.2 Å². The number of carbonyl (C=O) groups excluding carboxylic acids is 1. The second-order valence-corrected chi connectivity index (χ2v) is 7.80. The first kappa shape index (κ1) is 20.8. The van der Waals surface area contributed by atoms with Gasteiger partial charge in [0.05, 0.1) is 8.95 Å². The van der Waals surface area contributed by atoms with Crippen molar-refractivity contribution in [3.05, 3.63) is 20.6 Å². The fourth-order valence-electron chi connectivity index (χ4n) is 1.80. The van der Waals surface area contributed by atoms with Gasteiger partial charge in [0.25, 0.3) is 0 Å². The Hall–Kier alpha value is -1.28. The van der Waals surface area contributed by atoms with Crippen molar-refractivity contribution in [2.75, 3.05) is 5.32 Å². The second kappa shape index (κ2) is 8.20. The average Bonchev–Trinajstić information content (AvgIpc) is 2.42. The monoisotopic (exact) mass is 465 g/mol. The van der Waals surface area contributed by atoms with E-state index in [1.165, 1.54) is 0 Å². The lowest BCUT2D eigenvalue weighted by atomic mass is 10.2. The molecule has 6 nitrogen and oxygen atoms in total. The number of hydrogen-bond donors (Lipinski definition) is 2. The van der Waals surface area contributed by atoms with Crippen LogP contribution in [0.5, 0.6) is 5.75 Å². The van der Waals surface area contributed by atoms with Crippen molar-refractivity contribution in [1.29, 1.82) is 0 Å². The third-order valence-corrected chi connectivity index (χ3v) is 4.51. The van der Waals surface area contributed by atoms with Crippen molar-refractivity contribution in [3.8, 4) is 5.75 Å². The summed E-state index contributed by atoms with van der Waals surface area (Å²) in [4.78, 5) is 23.1. The third-order valence-electron chi connectivity index (χ3n) is 2.96. The predicted octanol–water partition coefficient (Wildman–Crippen LogP) is 5.11. The largest absolute Gasteiger partial charge is 0.479 e. The number of ether oxygens (including phenoxy) is 2. The smallest absolute Gasteiger partial charge is 0.412 e. The average molecular weight is 467 g/mol. The van der Waals surface area contributed by atoms with Crippen molar-refractivity contribution in [2.24, 2.45) is 0 Å². The lowest BCUT2D eigenvalue weighted by molar-refractivity contribution is -0.145. The molecule has 0 aliphatic carbocycles. The van der Waals surface area contributed by atoms with Crippen molar-refractivity contribution in [1.82, 2.24) is 0 Å². The number of carboxylic acid groups (broad SMARTS) is 1. The van der Waals surface area contributed by atoms with Crippen LogP contribution in [-0.2, 0) is 9.53 Å². The first-order valence-electron chi connectivity index (χ1n) is 7.34. The van der Waals surface area contributed by atoms with E-state index >= 15 is 0 Å². The van der Waals surface area contributed by atoms with E-state index in [0.29, 0.717) is 32.4 Å². The minimum atomic E-state index is -1.04. The van der Waals surface area contributed by atoms with Crippen LogP contribution in [-0.4, -0.2) is 28.9 Å². The Morgan fingerprint density at radius 3 is 2.38 bits per heavy atom. The molecule has 1 aromatic carbocycles. The molecule has 1 rings (SSSR count). The van der Waals surface area contributed by atoms with E-state index in [-0.39, 0.29) is 0 Å². The summed E-state index contributed by atoms with van der Waals surface area (Å²) >= 11 is 6.75. The molecule has 0 aromatic heterocycles. The van der Waals surface area contributed by atoms with Gasteiger partial charge in [-0.2, -0.15) is 0 Å². The number of amides is 1. The maximum absolute atomic E-state index is 11.9. The quantitative estimate of drug-likeness (QED) is 0.629. The first-order valence-corrected chi connectivity index (χ1v) is 8.93. The van der Waals surface area contributed by atoms with E-state index in [9.17, 15) is 9.59 Å². The highest BCUT2D eigenvalue weighted by atomic mass is 79.9. The zero-order chi connectivity index (χ0) is 18.7. The highest BCUT2D eigenvalue weighted by Gasteiger charge is 2.23. The van der Waals surface area contributed by atoms with Crippen LogP contribution in [0.4, 0.5) is 10.5 Å². The molecule has 134 valence electrons. The van der Waals surface area contributed by atoms with Gasteiger partial charge in [0.2, 0.25) is 0 Å². The number of halogens is 2. The van der Waals surface area contributed by atoms with Gasteiger partial charge in [-0.05, 0) is 77.6 Å². The summed E-state index contributed by atoms with van der Waals surface area (Å²) in [5.41, 5.74) is 0.615. The molecule has 24 heavy (non-hydrogen) atoms. The van der Waals surface area contributed by atoms with E-state index in [4.69, 9.17) is 14.6 Å². The van der Waals surface area contributed by atoms with Crippen LogP contribution in [0.15, 0.2) is 15.0 Å². The molecule has 2 N–H and O–H groups in total. The van der Waals surface area contributed by atoms with Crippen LogP contribution in [0.2, 0.25) is 0 Å². The number of carbonyl (C=O) groups is 2. The van der Waals surface area contributed by atoms with E-state index < -0.39 is 23.8 Å². The van der Waals surface area contributed by atoms with Gasteiger partial charge in [0, 0.05) is 5.69 Å². The van der Waals surface area contributed by atoms with Gasteiger partial charge in [-0.25, -0.2) is 9.59 Å². The van der Waals surface area contributed by atoms with E-state index in [0.717, 1.165) is 0 Å². The fourth-order valence-corrected chi connectivity index (χ4v) is 3.10. The lowest BCUT2D eigenvalue weighted by Crippen LogP contribution is -2.28. The van der Waals surface area contributed by atoms with Gasteiger partial charge >= 0.3 is 12.1 Å². The van der Waals surface area contributed by atoms with Gasteiger partial charge in [0.15, 0.2) is 6.10 Å². The summed E-state index contributed by atoms with van der Waals surface area (Å²) < 4.78 is 11.9. The number of anilines is 1. The summed E-state index contributed by atoms with van der Waals surface area (Å²) in [6.07, 6.45) is -1.21. The van der Waals surface area contributed by atoms with Crippen LogP contribution in [0.25, 0.3) is 0 Å². The molecule has 0 aliphatic rings. The number of rotatable bonds is 5. The van der Waals surface area contributed by atoms with Gasteiger partial charge in [0.1, 0.15) is 11.4 Å². The minimum Gasteiger partial charge on any atom is -0.479 e. The molecule has 1 atom stereocenters. The Morgan fingerprint density at radius 2 is 1.92 bits per heavy atom. The Balaban J connectivity index is 3.09. The molecule has 0 spiro atoms. The van der Waals surface area contributed by atoms with Gasteiger partial charge < -0.3 is 14.6 Å². The molecule has 1 amide bonds. The summed E-state index contributed by atoms with van der Waals surface area (Å²) in [6.45, 7) is 8.83. The normalized spacial score (nSPS) is 12.5. The molecular formula is C16H21Br2NO5. The van der Waals surface area contributed by atoms with Gasteiger partial charge in [-0.1, -0.05) is 6.92 Å². The molecule has 0 heterocycles. The highest BCUT2D eigenvalue weighted by molar-refractivity contribution is 9.11. The summed E-state index contributed by atoms with van der Waals surface area (Å²) in [5.74, 6) is -0.665. The maximum atomic E-state index is 11.9. The van der Waals surface area contributed by atoms with Crippen molar-refractivity contribution in [2.45, 2.75) is 52.7 Å². The zero-order valence-electron chi connectivity index (χ0n) is 14.2. The van der Waals surface area contributed by atoms with Crippen LogP contribution < -0.4 is 10.1 Å². The van der Waals surface area contributed by atoms with Crippen molar-refractivity contribution >= 4 is 49.6 Å². The molecule has 1 unspecified atom stereocenters. The number of benzene rings is 1. The highest BCUT2D eigenvalue weighted by Crippen LogP contribution is 2.41. The maximum Gasteiger partial charge on any atom is 0.412 e. The molecule has 0 saturated carbocycles. The molecular weight excluding hydrogens is 446 g/mol. The second-order valence-electron chi connectivity index (χ2n) is 6.15. The molecule has 1 aromatic rings. The van der Waals surface area contributed by atoms with Crippen molar-refractivity contribution < 1.29 is 24.2 Å².